The van der Waals surface area contributed by atoms with E-state index >= 15 is 0 Å². The third-order valence-corrected chi connectivity index (χ3v) is 2.77. The molecule has 0 fully saturated rings. The second-order valence-corrected chi connectivity index (χ2v) is 4.61. The number of rotatable bonds is 5. The van der Waals surface area contributed by atoms with Crippen molar-refractivity contribution in [3.63, 3.8) is 0 Å². The molecule has 1 amide bonds. The Hall–Kier alpha value is -1.43. The van der Waals surface area contributed by atoms with E-state index in [1.54, 1.807) is 19.1 Å². The van der Waals surface area contributed by atoms with Crippen LogP contribution in [0.5, 0.6) is 5.75 Å². The van der Waals surface area contributed by atoms with Crippen LogP contribution >= 0.6 is 11.6 Å². The van der Waals surface area contributed by atoms with Crippen molar-refractivity contribution in [3.05, 3.63) is 29.3 Å². The number of carbonyl (C=O) groups is 1. The van der Waals surface area contributed by atoms with Crippen molar-refractivity contribution in [2.75, 3.05) is 26.1 Å². The van der Waals surface area contributed by atoms with Crippen LogP contribution in [-0.4, -0.2) is 43.1 Å². The summed E-state index contributed by atoms with van der Waals surface area (Å²) in [6.45, 7) is 0.221. The Morgan fingerprint density at radius 1 is 1.40 bits per heavy atom. The second kappa shape index (κ2) is 6.83. The van der Waals surface area contributed by atoms with Gasteiger partial charge in [0.25, 0.3) is 5.91 Å². The van der Waals surface area contributed by atoms with Gasteiger partial charge < -0.3 is 9.64 Å². The van der Waals surface area contributed by atoms with Gasteiger partial charge in [-0.15, -0.1) is 11.6 Å². The fraction of sp³-hybridized carbons (Fsp3) is 0.462. The molecule has 0 atom stereocenters. The number of hydrogen-bond donors (Lipinski definition) is 0. The molecule has 7 heteroatoms. The highest BCUT2D eigenvalue weighted by Gasteiger charge is 2.33. The molecule has 0 aromatic heterocycles. The number of methoxy groups -OCH3 is 1. The van der Waals surface area contributed by atoms with Crippen molar-refractivity contribution in [2.24, 2.45) is 0 Å². The van der Waals surface area contributed by atoms with E-state index in [9.17, 15) is 18.0 Å². The van der Waals surface area contributed by atoms with E-state index in [2.05, 4.69) is 0 Å². The lowest BCUT2D eigenvalue weighted by molar-refractivity contribution is -0.140. The number of ether oxygens (including phenoxy) is 1. The SMILES string of the molecule is COc1ccc(C)cc1C(=O)N(CCCl)CC(F)(F)F. The van der Waals surface area contributed by atoms with Crippen LogP contribution in [0.2, 0.25) is 0 Å². The molecule has 0 bridgehead atoms. The number of hydrogen-bond acceptors (Lipinski definition) is 2. The number of benzene rings is 1. The maximum Gasteiger partial charge on any atom is 0.406 e. The Morgan fingerprint density at radius 3 is 2.55 bits per heavy atom. The van der Waals surface area contributed by atoms with E-state index in [4.69, 9.17) is 16.3 Å². The van der Waals surface area contributed by atoms with Crippen molar-refractivity contribution >= 4 is 17.5 Å². The van der Waals surface area contributed by atoms with Crippen LogP contribution in [0, 0.1) is 6.92 Å². The van der Waals surface area contributed by atoms with E-state index in [0.29, 0.717) is 4.90 Å². The lowest BCUT2D eigenvalue weighted by atomic mass is 10.1. The van der Waals surface area contributed by atoms with E-state index < -0.39 is 18.6 Å². The van der Waals surface area contributed by atoms with Gasteiger partial charge in [0.2, 0.25) is 0 Å². The van der Waals surface area contributed by atoms with E-state index in [0.717, 1.165) is 5.56 Å². The maximum absolute atomic E-state index is 12.5. The first kappa shape index (κ1) is 16.6. The molecule has 0 aliphatic heterocycles. The van der Waals surface area contributed by atoms with Gasteiger partial charge in [0.15, 0.2) is 0 Å². The molecular weight excluding hydrogens is 295 g/mol. The second-order valence-electron chi connectivity index (χ2n) is 4.23. The lowest BCUT2D eigenvalue weighted by Gasteiger charge is -2.24. The average molecular weight is 310 g/mol. The highest BCUT2D eigenvalue weighted by Crippen LogP contribution is 2.24. The summed E-state index contributed by atoms with van der Waals surface area (Å²) in [5.41, 5.74) is 0.855. The Morgan fingerprint density at radius 2 is 2.05 bits per heavy atom. The van der Waals surface area contributed by atoms with Gasteiger partial charge in [0.1, 0.15) is 12.3 Å². The summed E-state index contributed by atoms with van der Waals surface area (Å²) in [6.07, 6.45) is -4.47. The van der Waals surface area contributed by atoms with Gasteiger partial charge in [-0.05, 0) is 19.1 Å². The number of nitrogens with zero attached hydrogens (tertiary/aromatic N) is 1. The van der Waals surface area contributed by atoms with Gasteiger partial charge >= 0.3 is 6.18 Å². The molecule has 1 aromatic rings. The first-order valence-electron chi connectivity index (χ1n) is 5.85. The molecule has 0 aliphatic rings. The monoisotopic (exact) mass is 309 g/mol. The number of alkyl halides is 4. The largest absolute Gasteiger partial charge is 0.496 e. The van der Waals surface area contributed by atoms with E-state index in [-0.39, 0.29) is 23.7 Å². The highest BCUT2D eigenvalue weighted by atomic mass is 35.5. The Labute approximate surface area is 120 Å². The van der Waals surface area contributed by atoms with Crippen molar-refractivity contribution in [3.8, 4) is 5.75 Å². The summed E-state index contributed by atoms with van der Waals surface area (Å²) in [4.78, 5) is 12.9. The summed E-state index contributed by atoms with van der Waals surface area (Å²) in [5, 5.41) is 0. The van der Waals surface area contributed by atoms with E-state index in [1.165, 1.54) is 13.2 Å². The standard InChI is InChI=1S/C13H15ClF3NO2/c1-9-3-4-11(20-2)10(7-9)12(19)18(6-5-14)8-13(15,16)17/h3-4,7H,5-6,8H2,1-2H3. The summed E-state index contributed by atoms with van der Waals surface area (Å²) < 4.78 is 42.5. The number of amides is 1. The van der Waals surface area contributed by atoms with E-state index in [1.807, 2.05) is 0 Å². The molecule has 0 saturated heterocycles. The number of halogens is 4. The van der Waals surface area contributed by atoms with Crippen molar-refractivity contribution in [1.82, 2.24) is 4.90 Å². The summed E-state index contributed by atoms with van der Waals surface area (Å²) in [6, 6.07) is 4.76. The minimum atomic E-state index is -4.47. The van der Waals surface area contributed by atoms with Crippen molar-refractivity contribution in [1.29, 1.82) is 0 Å². The Kier molecular flexibility index (Phi) is 5.68. The Balaban J connectivity index is 3.08. The molecule has 112 valence electrons. The van der Waals surface area contributed by atoms with Gasteiger partial charge in [-0.25, -0.2) is 0 Å². The molecule has 3 nitrogen and oxygen atoms in total. The summed E-state index contributed by atoms with van der Waals surface area (Å²) >= 11 is 5.47. The Bertz CT molecular complexity index is 477. The normalized spacial score (nSPS) is 11.3. The molecule has 0 N–H and O–H groups in total. The predicted molar refractivity (Wildman–Crippen MR) is 70.4 cm³/mol. The number of carbonyl (C=O) groups excluding carboxylic acids is 1. The molecule has 1 rings (SSSR count). The van der Waals surface area contributed by atoms with Crippen LogP contribution in [0.15, 0.2) is 18.2 Å². The predicted octanol–water partition coefficient (Wildman–Crippen LogP) is 3.25. The van der Waals surface area contributed by atoms with Crippen LogP contribution in [0.4, 0.5) is 13.2 Å². The average Bonchev–Trinajstić information content (AvgIpc) is 2.36. The fourth-order valence-corrected chi connectivity index (χ4v) is 1.93. The smallest absolute Gasteiger partial charge is 0.406 e. The molecule has 0 saturated carbocycles. The van der Waals surface area contributed by atoms with Crippen LogP contribution in [-0.2, 0) is 0 Å². The minimum Gasteiger partial charge on any atom is -0.496 e. The van der Waals surface area contributed by atoms with Gasteiger partial charge in [-0.1, -0.05) is 11.6 Å². The van der Waals surface area contributed by atoms with Gasteiger partial charge in [-0.2, -0.15) is 13.2 Å². The molecule has 1 aromatic carbocycles. The zero-order valence-corrected chi connectivity index (χ0v) is 11.9. The van der Waals surface area contributed by atoms with Gasteiger partial charge in [-0.3, -0.25) is 4.79 Å². The number of aryl methyl sites for hydroxylation is 1. The summed E-state index contributed by atoms with van der Waals surface area (Å²) in [7, 11) is 1.36. The third-order valence-electron chi connectivity index (χ3n) is 2.60. The van der Waals surface area contributed by atoms with Crippen molar-refractivity contribution < 1.29 is 22.7 Å². The fourth-order valence-electron chi connectivity index (χ4n) is 1.73. The van der Waals surface area contributed by atoms with Gasteiger partial charge in [0, 0.05) is 12.4 Å². The topological polar surface area (TPSA) is 29.5 Å². The van der Waals surface area contributed by atoms with Crippen LogP contribution < -0.4 is 4.74 Å². The zero-order chi connectivity index (χ0) is 15.3. The third kappa shape index (κ3) is 4.59. The van der Waals surface area contributed by atoms with Gasteiger partial charge in [0.05, 0.1) is 12.7 Å². The molecule has 0 aliphatic carbocycles. The first-order valence-corrected chi connectivity index (χ1v) is 6.38. The molecular formula is C13H15ClF3NO2. The van der Waals surface area contributed by atoms with Crippen molar-refractivity contribution in [2.45, 2.75) is 13.1 Å². The quantitative estimate of drug-likeness (QED) is 0.781. The summed E-state index contributed by atoms with van der Waals surface area (Å²) in [5.74, 6) is -0.582. The molecule has 0 heterocycles. The zero-order valence-electron chi connectivity index (χ0n) is 11.1. The molecule has 0 unspecified atom stereocenters. The molecule has 20 heavy (non-hydrogen) atoms. The van der Waals surface area contributed by atoms with Crippen LogP contribution in [0.25, 0.3) is 0 Å². The highest BCUT2D eigenvalue weighted by molar-refractivity contribution is 6.18. The van der Waals surface area contributed by atoms with Crippen LogP contribution in [0.3, 0.4) is 0 Å². The minimum absolute atomic E-state index is 0.0735. The van der Waals surface area contributed by atoms with Crippen LogP contribution in [0.1, 0.15) is 15.9 Å². The molecule has 0 spiro atoms. The molecule has 0 radical (unpaired) electrons. The first-order chi connectivity index (χ1) is 9.28. The lowest BCUT2D eigenvalue weighted by Crippen LogP contribution is -2.40. The maximum atomic E-state index is 12.5.